The van der Waals surface area contributed by atoms with Crippen LogP contribution in [0.2, 0.25) is 0 Å². The topological polar surface area (TPSA) is 95.9 Å². The molecule has 1 amide bonds. The number of carbonyl (C=O) groups is 2. The number of ether oxygens (including phenoxy) is 1. The molecule has 0 aromatic heterocycles. The maximum Gasteiger partial charge on any atom is 0.306 e. The number of hydrogen-bond acceptors (Lipinski definition) is 5. The maximum absolute atomic E-state index is 13.2. The van der Waals surface area contributed by atoms with Crippen LogP contribution >= 0.6 is 0 Å². The lowest BCUT2D eigenvalue weighted by Gasteiger charge is -2.24. The van der Waals surface area contributed by atoms with E-state index in [-0.39, 0.29) is 24.9 Å². The summed E-state index contributed by atoms with van der Waals surface area (Å²) in [6, 6.07) is -0.726. The summed E-state index contributed by atoms with van der Waals surface area (Å²) in [5.41, 5.74) is 0. The van der Waals surface area contributed by atoms with Gasteiger partial charge in [-0.2, -0.15) is 0 Å². The number of rotatable bonds is 48. The highest BCUT2D eigenvalue weighted by Crippen LogP contribution is 2.17. The average molecular weight is 906 g/mol. The van der Waals surface area contributed by atoms with E-state index < -0.39 is 18.2 Å². The number of aliphatic hydroxyl groups excluding tert-OH is 2. The van der Waals surface area contributed by atoms with Crippen LogP contribution in [0.1, 0.15) is 252 Å². The second-order valence-electron chi connectivity index (χ2n) is 18.3. The average Bonchev–Trinajstić information content (AvgIpc) is 3.30. The van der Waals surface area contributed by atoms with Gasteiger partial charge in [-0.15, -0.1) is 0 Å². The molecule has 0 fully saturated rings. The summed E-state index contributed by atoms with van der Waals surface area (Å²) < 4.78 is 5.91. The van der Waals surface area contributed by atoms with Crippen LogP contribution in [0.3, 0.4) is 0 Å². The maximum atomic E-state index is 13.2. The zero-order valence-electron chi connectivity index (χ0n) is 42.6. The van der Waals surface area contributed by atoms with Crippen LogP contribution in [0.15, 0.2) is 85.1 Å². The predicted octanol–water partition coefficient (Wildman–Crippen LogP) is 16.7. The molecule has 0 aliphatic rings. The van der Waals surface area contributed by atoms with Crippen LogP contribution in [0.4, 0.5) is 0 Å². The smallest absolute Gasteiger partial charge is 0.306 e. The number of esters is 1. The Bertz CT molecular complexity index is 1250. The van der Waals surface area contributed by atoms with E-state index >= 15 is 0 Å². The fourth-order valence-electron chi connectivity index (χ4n) is 7.96. The van der Waals surface area contributed by atoms with E-state index in [1.165, 1.54) is 116 Å². The minimum absolute atomic E-state index is 0.0314. The molecule has 0 saturated heterocycles. The first-order valence-corrected chi connectivity index (χ1v) is 27.3. The van der Waals surface area contributed by atoms with Crippen molar-refractivity contribution in [2.24, 2.45) is 0 Å². The molecule has 0 aromatic carbocycles. The normalized spacial score (nSPS) is 13.9. The van der Waals surface area contributed by atoms with E-state index in [0.29, 0.717) is 19.3 Å². The lowest BCUT2D eigenvalue weighted by molar-refractivity contribution is -0.151. The SMILES string of the molecule is CC/C=C/C=C/C=C/CCCCCCCCCC(=O)OC(CCC/C=C/C/C=C/C/C=C/C/C=C/CC)CC(=O)NC(CO)C(O)CCCCCCCCCCCCCCCCCCC. The molecule has 0 rings (SSSR count). The van der Waals surface area contributed by atoms with Crippen molar-refractivity contribution in [1.82, 2.24) is 5.32 Å². The number of hydrogen-bond donors (Lipinski definition) is 3. The minimum Gasteiger partial charge on any atom is -0.462 e. The quantitative estimate of drug-likeness (QED) is 0.0245. The van der Waals surface area contributed by atoms with Gasteiger partial charge >= 0.3 is 5.97 Å². The predicted molar refractivity (Wildman–Crippen MR) is 282 cm³/mol. The third-order valence-corrected chi connectivity index (χ3v) is 12.0. The van der Waals surface area contributed by atoms with Gasteiger partial charge in [-0.3, -0.25) is 9.59 Å². The lowest BCUT2D eigenvalue weighted by atomic mass is 10.0. The summed E-state index contributed by atoms with van der Waals surface area (Å²) >= 11 is 0. The number of unbranched alkanes of at least 4 members (excludes halogenated alkanes) is 24. The molecule has 0 bridgehead atoms. The molecule has 6 nitrogen and oxygen atoms in total. The molecule has 0 aliphatic heterocycles. The summed E-state index contributed by atoms with van der Waals surface area (Å²) in [6.07, 6.45) is 67.9. The van der Waals surface area contributed by atoms with Crippen LogP contribution in [-0.4, -0.2) is 46.9 Å². The van der Waals surface area contributed by atoms with Crippen LogP contribution in [0.25, 0.3) is 0 Å². The molecule has 0 aromatic rings. The second-order valence-corrected chi connectivity index (χ2v) is 18.3. The van der Waals surface area contributed by atoms with Crippen LogP contribution in [-0.2, 0) is 14.3 Å². The third kappa shape index (κ3) is 47.3. The Hall–Kier alpha value is -2.96. The highest BCUT2D eigenvalue weighted by Gasteiger charge is 2.24. The number of aliphatic hydroxyl groups is 2. The fraction of sp³-hybridized carbons (Fsp3) is 0.729. The van der Waals surface area contributed by atoms with Crippen LogP contribution < -0.4 is 5.32 Å². The van der Waals surface area contributed by atoms with Gasteiger partial charge in [-0.05, 0) is 77.0 Å². The monoisotopic (exact) mass is 906 g/mol. The highest BCUT2D eigenvalue weighted by atomic mass is 16.5. The van der Waals surface area contributed by atoms with Gasteiger partial charge in [0, 0.05) is 6.42 Å². The van der Waals surface area contributed by atoms with Crippen LogP contribution in [0, 0.1) is 0 Å². The van der Waals surface area contributed by atoms with Crippen molar-refractivity contribution in [2.75, 3.05) is 6.61 Å². The largest absolute Gasteiger partial charge is 0.462 e. The van der Waals surface area contributed by atoms with Gasteiger partial charge in [-0.25, -0.2) is 0 Å². The molecule has 0 radical (unpaired) electrons. The van der Waals surface area contributed by atoms with Gasteiger partial charge in [0.05, 0.1) is 25.2 Å². The molecule has 3 unspecified atom stereocenters. The van der Waals surface area contributed by atoms with Crippen LogP contribution in [0.5, 0.6) is 0 Å². The first-order valence-electron chi connectivity index (χ1n) is 27.3. The molecule has 0 saturated carbocycles. The van der Waals surface area contributed by atoms with E-state index in [1.807, 2.05) is 0 Å². The number of carbonyl (C=O) groups excluding carboxylic acids is 2. The van der Waals surface area contributed by atoms with E-state index in [0.717, 1.165) is 89.9 Å². The van der Waals surface area contributed by atoms with E-state index in [2.05, 4.69) is 111 Å². The Morgan fingerprint density at radius 1 is 0.477 bits per heavy atom. The Morgan fingerprint density at radius 2 is 0.923 bits per heavy atom. The van der Waals surface area contributed by atoms with Crippen molar-refractivity contribution < 1.29 is 24.5 Å². The summed E-state index contributed by atoms with van der Waals surface area (Å²) in [6.45, 7) is 6.23. The molecule has 3 N–H and O–H groups in total. The molecule has 6 heteroatoms. The Morgan fingerprint density at radius 3 is 1.45 bits per heavy atom. The first-order chi connectivity index (χ1) is 32.0. The fourth-order valence-corrected chi connectivity index (χ4v) is 7.96. The minimum atomic E-state index is -0.809. The number of nitrogens with one attached hydrogen (secondary N) is 1. The zero-order valence-corrected chi connectivity index (χ0v) is 42.6. The van der Waals surface area contributed by atoms with Gasteiger partial charge in [0.1, 0.15) is 6.10 Å². The zero-order chi connectivity index (χ0) is 47.4. The highest BCUT2D eigenvalue weighted by molar-refractivity contribution is 5.77. The number of allylic oxidation sites excluding steroid dienone is 14. The molecule has 3 atom stereocenters. The van der Waals surface area contributed by atoms with E-state index in [1.54, 1.807) is 0 Å². The van der Waals surface area contributed by atoms with Crippen molar-refractivity contribution in [3.8, 4) is 0 Å². The Balaban J connectivity index is 4.62. The number of amides is 1. The Labute approximate surface area is 402 Å². The van der Waals surface area contributed by atoms with Crippen molar-refractivity contribution >= 4 is 11.9 Å². The summed E-state index contributed by atoms with van der Waals surface area (Å²) in [7, 11) is 0. The molecule has 0 aliphatic carbocycles. The second kappa shape index (κ2) is 52.0. The molecule has 65 heavy (non-hydrogen) atoms. The van der Waals surface area contributed by atoms with Gasteiger partial charge in [0.2, 0.25) is 5.91 Å². The van der Waals surface area contributed by atoms with Crippen molar-refractivity contribution in [2.45, 2.75) is 270 Å². The van der Waals surface area contributed by atoms with Crippen molar-refractivity contribution in [3.63, 3.8) is 0 Å². The molecule has 0 heterocycles. The van der Waals surface area contributed by atoms with E-state index in [4.69, 9.17) is 4.74 Å². The van der Waals surface area contributed by atoms with Gasteiger partial charge < -0.3 is 20.3 Å². The van der Waals surface area contributed by atoms with Crippen molar-refractivity contribution in [3.05, 3.63) is 85.1 Å². The lowest BCUT2D eigenvalue weighted by Crippen LogP contribution is -2.46. The van der Waals surface area contributed by atoms with Gasteiger partial charge in [0.25, 0.3) is 0 Å². The van der Waals surface area contributed by atoms with Gasteiger partial charge in [0.15, 0.2) is 0 Å². The molecule has 0 spiro atoms. The third-order valence-electron chi connectivity index (χ3n) is 12.0. The van der Waals surface area contributed by atoms with Crippen molar-refractivity contribution in [1.29, 1.82) is 0 Å². The molecular formula is C59H103NO5. The summed E-state index contributed by atoms with van der Waals surface area (Å²) in [4.78, 5) is 26.2. The first kappa shape index (κ1) is 62.0. The summed E-state index contributed by atoms with van der Waals surface area (Å²) in [5, 5.41) is 23.8. The summed E-state index contributed by atoms with van der Waals surface area (Å²) in [5.74, 6) is -0.544. The van der Waals surface area contributed by atoms with Gasteiger partial charge in [-0.1, -0.05) is 247 Å². The molecular weight excluding hydrogens is 803 g/mol. The van der Waals surface area contributed by atoms with E-state index in [9.17, 15) is 19.8 Å². The molecule has 374 valence electrons. The standard InChI is InChI=1S/C59H103NO5/c1-4-7-10-13-16-19-22-25-28-29-31-33-36-39-42-45-48-51-57(62)56(54-61)60-58(63)53-55(50-47-44-41-38-35-32-27-24-21-18-15-12-9-6-3)65-59(64)52-49-46-43-40-37-34-30-26-23-20-17-14-11-8-5-2/h8-9,11-12,14,17-18,20-21,23,27,32,38,41,55-57,61-62H,4-7,10,13,15-16,19,22,24-26,28-31,33-37,39-40,42-54H2,1-3H3,(H,60,63)/b11-8+,12-9+,17-14+,21-18+,23-20+,32-27+,41-38+. The Kier molecular flexibility index (Phi) is 49.6.